The maximum atomic E-state index is 10.7. The van der Waals surface area contributed by atoms with Crippen LogP contribution >= 0.6 is 0 Å². The summed E-state index contributed by atoms with van der Waals surface area (Å²) in [5, 5.41) is 0. The molecular weight excluding hydrogens is 194 g/mol. The number of hydrogen-bond donors (Lipinski definition) is 0. The molecule has 0 saturated heterocycles. The fourth-order valence-electron chi connectivity index (χ4n) is 0.980. The molecule has 0 aromatic heterocycles. The van der Waals surface area contributed by atoms with Gasteiger partial charge in [0, 0.05) is 6.21 Å². The first-order chi connectivity index (χ1) is 7.26. The van der Waals surface area contributed by atoms with Crippen LogP contribution in [0.5, 0.6) is 5.75 Å². The molecule has 0 fully saturated rings. The van der Waals surface area contributed by atoms with Crippen LogP contribution in [0, 0.1) is 0 Å². The highest BCUT2D eigenvalue weighted by Crippen LogP contribution is 2.09. The summed E-state index contributed by atoms with van der Waals surface area (Å²) in [5.41, 5.74) is 0.916. The van der Waals surface area contributed by atoms with Crippen LogP contribution in [0.2, 0.25) is 0 Å². The Kier molecular flexibility index (Phi) is 4.34. The van der Waals surface area contributed by atoms with Gasteiger partial charge in [-0.3, -0.25) is 9.79 Å². The maximum absolute atomic E-state index is 10.7. The van der Waals surface area contributed by atoms with Crippen molar-refractivity contribution in [1.82, 2.24) is 0 Å². The summed E-state index contributed by atoms with van der Waals surface area (Å²) < 4.78 is 9.46. The van der Waals surface area contributed by atoms with Gasteiger partial charge in [0.05, 0.1) is 14.2 Å². The SMILES string of the molecule is COC(=O)CN=Cc1ccc(OC)cc1. The molecular formula is C11H13NO3. The van der Waals surface area contributed by atoms with E-state index in [9.17, 15) is 4.79 Å². The molecule has 0 bridgehead atoms. The van der Waals surface area contributed by atoms with Crippen LogP contribution in [0.25, 0.3) is 0 Å². The van der Waals surface area contributed by atoms with E-state index in [-0.39, 0.29) is 12.5 Å². The quantitative estimate of drug-likeness (QED) is 0.552. The molecule has 0 aliphatic rings. The highest BCUT2D eigenvalue weighted by molar-refractivity contribution is 5.82. The van der Waals surface area contributed by atoms with Crippen molar-refractivity contribution < 1.29 is 14.3 Å². The molecule has 15 heavy (non-hydrogen) atoms. The van der Waals surface area contributed by atoms with E-state index in [0.717, 1.165) is 11.3 Å². The third-order valence-electron chi connectivity index (χ3n) is 1.80. The van der Waals surface area contributed by atoms with Crippen LogP contribution in [0.3, 0.4) is 0 Å². The van der Waals surface area contributed by atoms with Gasteiger partial charge < -0.3 is 9.47 Å². The van der Waals surface area contributed by atoms with Crippen molar-refractivity contribution in [1.29, 1.82) is 0 Å². The van der Waals surface area contributed by atoms with E-state index in [2.05, 4.69) is 9.73 Å². The van der Waals surface area contributed by atoms with E-state index in [0.29, 0.717) is 0 Å². The standard InChI is InChI=1S/C11H13NO3/c1-14-10-5-3-9(4-6-10)7-12-8-11(13)15-2/h3-7H,8H2,1-2H3. The van der Waals surface area contributed by atoms with Crippen molar-refractivity contribution in [3.63, 3.8) is 0 Å². The number of methoxy groups -OCH3 is 2. The number of carbonyl (C=O) groups is 1. The van der Waals surface area contributed by atoms with Crippen LogP contribution < -0.4 is 4.74 Å². The number of hydrogen-bond acceptors (Lipinski definition) is 4. The average molecular weight is 207 g/mol. The van der Waals surface area contributed by atoms with Crippen LogP contribution in [0.15, 0.2) is 29.3 Å². The van der Waals surface area contributed by atoms with Gasteiger partial charge in [-0.1, -0.05) is 0 Å². The van der Waals surface area contributed by atoms with Crippen LogP contribution in [-0.2, 0) is 9.53 Å². The maximum Gasteiger partial charge on any atom is 0.327 e. The molecule has 0 N–H and O–H groups in total. The van der Waals surface area contributed by atoms with Crippen molar-refractivity contribution in [3.8, 4) is 5.75 Å². The van der Waals surface area contributed by atoms with Gasteiger partial charge in [-0.2, -0.15) is 0 Å². The first-order valence-electron chi connectivity index (χ1n) is 4.47. The normalized spacial score (nSPS) is 10.3. The van der Waals surface area contributed by atoms with Gasteiger partial charge in [-0.15, -0.1) is 0 Å². The van der Waals surface area contributed by atoms with Gasteiger partial charge >= 0.3 is 5.97 Å². The minimum atomic E-state index is -0.347. The Morgan fingerprint density at radius 2 is 2.00 bits per heavy atom. The Bertz CT molecular complexity index is 343. The third-order valence-corrected chi connectivity index (χ3v) is 1.80. The lowest BCUT2D eigenvalue weighted by atomic mass is 10.2. The first-order valence-corrected chi connectivity index (χ1v) is 4.47. The van der Waals surface area contributed by atoms with E-state index >= 15 is 0 Å². The average Bonchev–Trinajstić information content (AvgIpc) is 2.29. The molecule has 1 rings (SSSR count). The topological polar surface area (TPSA) is 47.9 Å². The second-order valence-corrected chi connectivity index (χ2v) is 2.82. The van der Waals surface area contributed by atoms with E-state index < -0.39 is 0 Å². The van der Waals surface area contributed by atoms with E-state index in [4.69, 9.17) is 4.74 Å². The highest BCUT2D eigenvalue weighted by atomic mass is 16.5. The second kappa shape index (κ2) is 5.80. The summed E-state index contributed by atoms with van der Waals surface area (Å²) in [7, 11) is 2.95. The lowest BCUT2D eigenvalue weighted by Crippen LogP contribution is -2.04. The van der Waals surface area contributed by atoms with Crippen molar-refractivity contribution in [2.24, 2.45) is 4.99 Å². The monoisotopic (exact) mass is 207 g/mol. The Balaban J connectivity index is 2.53. The number of esters is 1. The number of carbonyl (C=O) groups excluding carboxylic acids is 1. The summed E-state index contributed by atoms with van der Waals surface area (Å²) in [4.78, 5) is 14.7. The Morgan fingerprint density at radius 3 is 2.53 bits per heavy atom. The molecule has 0 saturated carbocycles. The zero-order chi connectivity index (χ0) is 11.1. The summed E-state index contributed by atoms with van der Waals surface area (Å²) in [5.74, 6) is 0.444. The van der Waals surface area contributed by atoms with Gasteiger partial charge in [-0.25, -0.2) is 0 Å². The predicted octanol–water partition coefficient (Wildman–Crippen LogP) is 1.29. The van der Waals surface area contributed by atoms with Crippen molar-refractivity contribution in [2.75, 3.05) is 20.8 Å². The predicted molar refractivity (Wildman–Crippen MR) is 57.5 cm³/mol. The fraction of sp³-hybridized carbons (Fsp3) is 0.273. The van der Waals surface area contributed by atoms with E-state index in [1.807, 2.05) is 24.3 Å². The molecule has 80 valence electrons. The zero-order valence-electron chi connectivity index (χ0n) is 8.77. The Hall–Kier alpha value is -1.84. The molecule has 0 spiro atoms. The van der Waals surface area contributed by atoms with Gasteiger partial charge in [-0.05, 0) is 29.8 Å². The van der Waals surface area contributed by atoms with E-state index in [1.165, 1.54) is 7.11 Å². The minimum Gasteiger partial charge on any atom is -0.497 e. The molecule has 4 heteroatoms. The van der Waals surface area contributed by atoms with Crippen molar-refractivity contribution in [2.45, 2.75) is 0 Å². The van der Waals surface area contributed by atoms with Gasteiger partial charge in [0.25, 0.3) is 0 Å². The molecule has 0 aliphatic carbocycles. The molecule has 0 radical (unpaired) electrons. The molecule has 0 aliphatic heterocycles. The van der Waals surface area contributed by atoms with E-state index in [1.54, 1.807) is 13.3 Å². The number of rotatable bonds is 4. The molecule has 1 aromatic carbocycles. The number of aliphatic imine (C=N–C) groups is 1. The summed E-state index contributed by atoms with van der Waals surface area (Å²) >= 11 is 0. The third kappa shape index (κ3) is 3.81. The Labute approximate surface area is 88.5 Å². The highest BCUT2D eigenvalue weighted by Gasteiger charge is 1.95. The van der Waals surface area contributed by atoms with Gasteiger partial charge in [0.2, 0.25) is 0 Å². The number of ether oxygens (including phenoxy) is 2. The second-order valence-electron chi connectivity index (χ2n) is 2.82. The molecule has 0 atom stereocenters. The Morgan fingerprint density at radius 1 is 1.33 bits per heavy atom. The van der Waals surface area contributed by atoms with Crippen molar-refractivity contribution >= 4 is 12.2 Å². The van der Waals surface area contributed by atoms with Crippen LogP contribution in [0.1, 0.15) is 5.56 Å². The van der Waals surface area contributed by atoms with Crippen molar-refractivity contribution in [3.05, 3.63) is 29.8 Å². The largest absolute Gasteiger partial charge is 0.497 e. The summed E-state index contributed by atoms with van der Waals surface area (Å²) in [6, 6.07) is 7.39. The lowest BCUT2D eigenvalue weighted by Gasteiger charge is -1.98. The lowest BCUT2D eigenvalue weighted by molar-refractivity contribution is -0.138. The fourth-order valence-corrected chi connectivity index (χ4v) is 0.980. The smallest absolute Gasteiger partial charge is 0.327 e. The number of benzene rings is 1. The molecule has 0 unspecified atom stereocenters. The first kappa shape index (κ1) is 11.2. The van der Waals surface area contributed by atoms with Crippen LogP contribution in [0.4, 0.5) is 0 Å². The summed E-state index contributed by atoms with van der Waals surface area (Å²) in [6.45, 7) is 0.0442. The zero-order valence-corrected chi connectivity index (χ0v) is 8.77. The number of nitrogens with zero attached hydrogens (tertiary/aromatic N) is 1. The summed E-state index contributed by atoms with van der Waals surface area (Å²) in [6.07, 6.45) is 1.62. The molecule has 1 aromatic rings. The molecule has 4 nitrogen and oxygen atoms in total. The molecule has 0 heterocycles. The van der Waals surface area contributed by atoms with Gasteiger partial charge in [0.1, 0.15) is 12.3 Å². The molecule has 0 amide bonds. The van der Waals surface area contributed by atoms with Crippen LogP contribution in [-0.4, -0.2) is 32.9 Å². The van der Waals surface area contributed by atoms with Gasteiger partial charge in [0.15, 0.2) is 0 Å². The minimum absolute atomic E-state index is 0.0442.